The summed E-state index contributed by atoms with van der Waals surface area (Å²) in [6, 6.07) is 6.06. The summed E-state index contributed by atoms with van der Waals surface area (Å²) in [5.74, 6) is -0.312. The molecule has 0 N–H and O–H groups in total. The summed E-state index contributed by atoms with van der Waals surface area (Å²) in [4.78, 5) is 11.3. The van der Waals surface area contributed by atoms with Crippen LogP contribution in [0.15, 0.2) is 12.1 Å². The van der Waals surface area contributed by atoms with Gasteiger partial charge in [-0.1, -0.05) is 19.1 Å². The number of esters is 1. The van der Waals surface area contributed by atoms with E-state index >= 15 is 0 Å². The lowest BCUT2D eigenvalue weighted by Gasteiger charge is -2.10. The summed E-state index contributed by atoms with van der Waals surface area (Å²) >= 11 is 0. The molecule has 0 aliphatic heterocycles. The number of methoxy groups -OCH3 is 1. The predicted molar refractivity (Wildman–Crippen MR) is 61.0 cm³/mol. The minimum Gasteiger partial charge on any atom is -0.469 e. The van der Waals surface area contributed by atoms with Gasteiger partial charge in [-0.15, -0.1) is 0 Å². The molecule has 1 aromatic rings. The molecule has 0 amide bonds. The van der Waals surface area contributed by atoms with Crippen molar-refractivity contribution in [2.75, 3.05) is 7.11 Å². The lowest BCUT2D eigenvalue weighted by atomic mass is 9.94. The quantitative estimate of drug-likeness (QED) is 0.729. The molecule has 0 spiro atoms. The first-order chi connectivity index (χ1) is 7.63. The van der Waals surface area contributed by atoms with E-state index in [0.29, 0.717) is 5.56 Å². The van der Waals surface area contributed by atoms with E-state index in [1.165, 1.54) is 7.11 Å². The van der Waals surface area contributed by atoms with Gasteiger partial charge in [0.05, 0.1) is 25.2 Å². The Hall–Kier alpha value is -1.82. The van der Waals surface area contributed by atoms with Crippen LogP contribution < -0.4 is 0 Å². The van der Waals surface area contributed by atoms with Crippen LogP contribution in [0.3, 0.4) is 0 Å². The summed E-state index contributed by atoms with van der Waals surface area (Å²) in [5.41, 5.74) is 3.34. The van der Waals surface area contributed by atoms with Crippen molar-refractivity contribution in [2.45, 2.75) is 26.7 Å². The zero-order valence-corrected chi connectivity index (χ0v) is 9.83. The first-order valence-corrected chi connectivity index (χ1v) is 5.22. The Morgan fingerprint density at radius 1 is 1.50 bits per heavy atom. The number of ether oxygens (including phenoxy) is 1. The second kappa shape index (κ2) is 5.32. The number of rotatable bonds is 3. The first kappa shape index (κ1) is 12.3. The molecule has 1 rings (SSSR count). The molecular formula is C13H15NO2. The van der Waals surface area contributed by atoms with Crippen molar-refractivity contribution in [1.29, 1.82) is 5.26 Å². The average Bonchev–Trinajstić information content (AvgIpc) is 2.31. The van der Waals surface area contributed by atoms with Gasteiger partial charge in [-0.25, -0.2) is 0 Å². The van der Waals surface area contributed by atoms with Gasteiger partial charge in [-0.2, -0.15) is 5.26 Å². The van der Waals surface area contributed by atoms with Gasteiger partial charge in [0.15, 0.2) is 0 Å². The van der Waals surface area contributed by atoms with E-state index in [-0.39, 0.29) is 12.4 Å². The van der Waals surface area contributed by atoms with Crippen molar-refractivity contribution in [1.82, 2.24) is 0 Å². The Balaban J connectivity index is 3.25. The minimum atomic E-state index is -0.312. The van der Waals surface area contributed by atoms with E-state index in [0.717, 1.165) is 23.1 Å². The van der Waals surface area contributed by atoms with Crippen molar-refractivity contribution >= 4 is 5.97 Å². The van der Waals surface area contributed by atoms with Crippen LogP contribution in [-0.2, 0) is 22.4 Å². The van der Waals surface area contributed by atoms with Crippen LogP contribution >= 0.6 is 0 Å². The van der Waals surface area contributed by atoms with Crippen LogP contribution in [0.5, 0.6) is 0 Å². The van der Waals surface area contributed by atoms with Crippen molar-refractivity contribution < 1.29 is 9.53 Å². The van der Waals surface area contributed by atoms with Gasteiger partial charge in [0.1, 0.15) is 0 Å². The Bertz CT molecular complexity index is 444. The van der Waals surface area contributed by atoms with Gasteiger partial charge in [0.25, 0.3) is 0 Å². The first-order valence-electron chi connectivity index (χ1n) is 5.22. The predicted octanol–water partition coefficient (Wildman–Crippen LogP) is 2.14. The lowest BCUT2D eigenvalue weighted by molar-refractivity contribution is -0.139. The number of aryl methyl sites for hydroxylation is 2. The number of nitrogens with zero attached hydrogens (tertiary/aromatic N) is 1. The van der Waals surface area contributed by atoms with Gasteiger partial charge >= 0.3 is 5.97 Å². The summed E-state index contributed by atoms with van der Waals surface area (Å²) in [5, 5.41) is 9.14. The van der Waals surface area contributed by atoms with Crippen molar-refractivity contribution in [2.24, 2.45) is 0 Å². The SMILES string of the molecule is CCc1ccc(C)c(CC(=O)OC)c1C#N. The summed E-state index contributed by atoms with van der Waals surface area (Å²) in [6.45, 7) is 3.89. The van der Waals surface area contributed by atoms with Gasteiger partial charge < -0.3 is 4.74 Å². The number of carbonyl (C=O) groups excluding carboxylic acids is 1. The molecule has 84 valence electrons. The molecule has 0 aliphatic carbocycles. The fraction of sp³-hybridized carbons (Fsp3) is 0.385. The number of nitriles is 1. The maximum Gasteiger partial charge on any atom is 0.310 e. The zero-order valence-electron chi connectivity index (χ0n) is 9.83. The van der Waals surface area contributed by atoms with Gasteiger partial charge in [0, 0.05) is 0 Å². The van der Waals surface area contributed by atoms with E-state index in [4.69, 9.17) is 5.26 Å². The average molecular weight is 217 g/mol. The third-order valence-corrected chi connectivity index (χ3v) is 2.67. The number of hydrogen-bond acceptors (Lipinski definition) is 3. The van der Waals surface area contributed by atoms with Crippen LogP contribution in [0.1, 0.15) is 29.2 Å². The van der Waals surface area contributed by atoms with E-state index < -0.39 is 0 Å². The second-order valence-electron chi connectivity index (χ2n) is 3.61. The summed E-state index contributed by atoms with van der Waals surface area (Å²) in [6.07, 6.45) is 0.955. The molecule has 0 saturated carbocycles. The van der Waals surface area contributed by atoms with Crippen molar-refractivity contribution in [3.05, 3.63) is 34.4 Å². The van der Waals surface area contributed by atoms with Crippen molar-refractivity contribution in [3.8, 4) is 6.07 Å². The Kier molecular flexibility index (Phi) is 4.07. The highest BCUT2D eigenvalue weighted by Gasteiger charge is 2.13. The molecule has 0 aliphatic rings. The van der Waals surface area contributed by atoms with Gasteiger partial charge in [0.2, 0.25) is 0 Å². The monoisotopic (exact) mass is 217 g/mol. The third-order valence-electron chi connectivity index (χ3n) is 2.67. The molecule has 0 unspecified atom stereocenters. The molecule has 1 aromatic carbocycles. The highest BCUT2D eigenvalue weighted by Crippen LogP contribution is 2.19. The van der Waals surface area contributed by atoms with Crippen LogP contribution in [0, 0.1) is 18.3 Å². The molecular weight excluding hydrogens is 202 g/mol. The van der Waals surface area contributed by atoms with E-state index in [9.17, 15) is 4.79 Å². The lowest BCUT2D eigenvalue weighted by Crippen LogP contribution is -2.09. The van der Waals surface area contributed by atoms with E-state index in [2.05, 4.69) is 10.8 Å². The molecule has 0 fully saturated rings. The Morgan fingerprint density at radius 2 is 2.19 bits per heavy atom. The maximum atomic E-state index is 11.3. The fourth-order valence-corrected chi connectivity index (χ4v) is 1.68. The standard InChI is InChI=1S/C13H15NO2/c1-4-10-6-5-9(2)11(12(10)8-14)7-13(15)16-3/h5-6H,4,7H2,1-3H3. The van der Waals surface area contributed by atoms with Gasteiger partial charge in [-0.05, 0) is 30.0 Å². The molecule has 0 aromatic heterocycles. The fourth-order valence-electron chi connectivity index (χ4n) is 1.68. The summed E-state index contributed by atoms with van der Waals surface area (Å²) < 4.78 is 4.63. The molecule has 0 radical (unpaired) electrons. The maximum absolute atomic E-state index is 11.3. The highest BCUT2D eigenvalue weighted by molar-refractivity contribution is 5.74. The second-order valence-corrected chi connectivity index (χ2v) is 3.61. The molecule has 0 heterocycles. The topological polar surface area (TPSA) is 50.1 Å². The normalized spacial score (nSPS) is 9.62. The molecule has 0 bridgehead atoms. The molecule has 0 saturated heterocycles. The molecule has 3 nitrogen and oxygen atoms in total. The van der Waals surface area contributed by atoms with Crippen LogP contribution in [0.25, 0.3) is 0 Å². The van der Waals surface area contributed by atoms with E-state index in [1.807, 2.05) is 26.0 Å². The third kappa shape index (κ3) is 2.40. The van der Waals surface area contributed by atoms with Gasteiger partial charge in [-0.3, -0.25) is 4.79 Å². The highest BCUT2D eigenvalue weighted by atomic mass is 16.5. The zero-order chi connectivity index (χ0) is 12.1. The van der Waals surface area contributed by atoms with Crippen molar-refractivity contribution in [3.63, 3.8) is 0 Å². The largest absolute Gasteiger partial charge is 0.469 e. The van der Waals surface area contributed by atoms with E-state index in [1.54, 1.807) is 0 Å². The Labute approximate surface area is 95.7 Å². The van der Waals surface area contributed by atoms with Crippen LogP contribution in [0.2, 0.25) is 0 Å². The molecule has 0 atom stereocenters. The van der Waals surface area contributed by atoms with Crippen LogP contribution in [0.4, 0.5) is 0 Å². The Morgan fingerprint density at radius 3 is 2.69 bits per heavy atom. The molecule has 3 heteroatoms. The number of carbonyl (C=O) groups is 1. The number of hydrogen-bond donors (Lipinski definition) is 0. The summed E-state index contributed by atoms with van der Waals surface area (Å²) in [7, 11) is 1.35. The minimum absolute atomic E-state index is 0.166. The smallest absolute Gasteiger partial charge is 0.310 e. The molecule has 16 heavy (non-hydrogen) atoms. The number of benzene rings is 1. The van der Waals surface area contributed by atoms with Crippen LogP contribution in [-0.4, -0.2) is 13.1 Å².